The van der Waals surface area contributed by atoms with Gasteiger partial charge in [-0.05, 0) is 25.0 Å². The summed E-state index contributed by atoms with van der Waals surface area (Å²) in [6.07, 6.45) is 3.58. The third-order valence-electron chi connectivity index (χ3n) is 4.76. The first-order chi connectivity index (χ1) is 11.8. The minimum Gasteiger partial charge on any atom is -0.497 e. The number of rotatable bonds is 4. The van der Waals surface area contributed by atoms with Crippen LogP contribution in [-0.4, -0.2) is 43.3 Å². The van der Waals surface area contributed by atoms with Gasteiger partial charge in [-0.1, -0.05) is 6.07 Å². The van der Waals surface area contributed by atoms with Gasteiger partial charge in [-0.15, -0.1) is 0 Å². The zero-order chi connectivity index (χ0) is 16.5. The molecule has 1 aromatic heterocycles. The molecular formula is C18H21FN4O. The van der Waals surface area contributed by atoms with E-state index in [4.69, 9.17) is 4.74 Å². The number of methoxy groups -OCH3 is 1. The van der Waals surface area contributed by atoms with Gasteiger partial charge in [0.2, 0.25) is 0 Å². The normalized spacial score (nSPS) is 17.9. The van der Waals surface area contributed by atoms with Crippen LogP contribution >= 0.6 is 0 Å². The van der Waals surface area contributed by atoms with Gasteiger partial charge in [-0.2, -0.15) is 0 Å². The Hall–Kier alpha value is -2.37. The molecule has 0 N–H and O–H groups in total. The highest BCUT2D eigenvalue weighted by molar-refractivity contribution is 5.53. The fourth-order valence-electron chi connectivity index (χ4n) is 3.22. The molecule has 4 rings (SSSR count). The van der Waals surface area contributed by atoms with Crippen LogP contribution < -0.4 is 14.5 Å². The van der Waals surface area contributed by atoms with Crippen molar-refractivity contribution < 1.29 is 9.13 Å². The van der Waals surface area contributed by atoms with Gasteiger partial charge >= 0.3 is 0 Å². The van der Waals surface area contributed by atoms with E-state index < -0.39 is 0 Å². The van der Waals surface area contributed by atoms with Gasteiger partial charge < -0.3 is 14.5 Å². The third-order valence-corrected chi connectivity index (χ3v) is 4.76. The third kappa shape index (κ3) is 2.88. The molecule has 0 radical (unpaired) electrons. The van der Waals surface area contributed by atoms with Gasteiger partial charge in [0.1, 0.15) is 12.1 Å². The summed E-state index contributed by atoms with van der Waals surface area (Å²) in [5.41, 5.74) is 1.73. The average Bonchev–Trinajstić information content (AvgIpc) is 3.47. The van der Waals surface area contributed by atoms with E-state index in [1.807, 2.05) is 23.1 Å². The molecular weight excluding hydrogens is 307 g/mol. The highest BCUT2D eigenvalue weighted by Gasteiger charge is 2.31. The molecule has 2 aromatic rings. The Morgan fingerprint density at radius 2 is 1.83 bits per heavy atom. The van der Waals surface area contributed by atoms with E-state index in [0.717, 1.165) is 50.5 Å². The SMILES string of the molecule is COc1cccc(N2CCN(c3ncnc(C4CC4)c3F)CC2)c1. The van der Waals surface area contributed by atoms with Crippen molar-refractivity contribution in [3.63, 3.8) is 0 Å². The van der Waals surface area contributed by atoms with Crippen LogP contribution in [0.3, 0.4) is 0 Å². The second kappa shape index (κ2) is 6.26. The Morgan fingerprint density at radius 3 is 2.54 bits per heavy atom. The largest absolute Gasteiger partial charge is 0.497 e. The van der Waals surface area contributed by atoms with Crippen molar-refractivity contribution in [3.8, 4) is 5.75 Å². The Labute approximate surface area is 141 Å². The van der Waals surface area contributed by atoms with E-state index in [2.05, 4.69) is 20.9 Å². The number of anilines is 2. The predicted octanol–water partition coefficient (Wildman–Crippen LogP) is 2.83. The van der Waals surface area contributed by atoms with Crippen LogP contribution in [0.1, 0.15) is 24.5 Å². The number of benzene rings is 1. The topological polar surface area (TPSA) is 41.5 Å². The number of piperazine rings is 1. The minimum absolute atomic E-state index is 0.227. The average molecular weight is 328 g/mol. The molecule has 126 valence electrons. The van der Waals surface area contributed by atoms with Crippen molar-refractivity contribution in [1.29, 1.82) is 0 Å². The summed E-state index contributed by atoms with van der Waals surface area (Å²) in [5.74, 6) is 1.38. The number of nitrogens with zero attached hydrogens (tertiary/aromatic N) is 4. The first-order valence-corrected chi connectivity index (χ1v) is 8.40. The van der Waals surface area contributed by atoms with Crippen LogP contribution in [0.4, 0.5) is 15.9 Å². The van der Waals surface area contributed by atoms with Crippen LogP contribution in [0.15, 0.2) is 30.6 Å². The Balaban J connectivity index is 1.47. The molecule has 24 heavy (non-hydrogen) atoms. The molecule has 0 unspecified atom stereocenters. The molecule has 6 heteroatoms. The summed E-state index contributed by atoms with van der Waals surface area (Å²) in [7, 11) is 1.67. The van der Waals surface area contributed by atoms with Crippen molar-refractivity contribution >= 4 is 11.5 Å². The predicted molar refractivity (Wildman–Crippen MR) is 91.4 cm³/mol. The van der Waals surface area contributed by atoms with Crippen molar-refractivity contribution in [2.24, 2.45) is 0 Å². The summed E-state index contributed by atoms with van der Waals surface area (Å²) >= 11 is 0. The fraction of sp³-hybridized carbons (Fsp3) is 0.444. The molecule has 1 saturated carbocycles. The van der Waals surface area contributed by atoms with Gasteiger partial charge in [0.15, 0.2) is 11.6 Å². The van der Waals surface area contributed by atoms with Crippen molar-refractivity contribution in [3.05, 3.63) is 42.1 Å². The van der Waals surface area contributed by atoms with Crippen LogP contribution in [0.2, 0.25) is 0 Å². The molecule has 2 heterocycles. The van der Waals surface area contributed by atoms with Crippen LogP contribution in [0.5, 0.6) is 5.75 Å². The Kier molecular flexibility index (Phi) is 3.96. The summed E-state index contributed by atoms with van der Waals surface area (Å²) < 4.78 is 20.0. The minimum atomic E-state index is -0.227. The molecule has 1 aromatic carbocycles. The van der Waals surface area contributed by atoms with Crippen molar-refractivity contribution in [2.75, 3.05) is 43.1 Å². The molecule has 1 aliphatic carbocycles. The molecule has 2 fully saturated rings. The zero-order valence-corrected chi connectivity index (χ0v) is 13.8. The highest BCUT2D eigenvalue weighted by atomic mass is 19.1. The van der Waals surface area contributed by atoms with Crippen LogP contribution in [-0.2, 0) is 0 Å². The summed E-state index contributed by atoms with van der Waals surface area (Å²) in [6, 6.07) is 8.04. The molecule has 0 spiro atoms. The summed E-state index contributed by atoms with van der Waals surface area (Å²) in [4.78, 5) is 12.7. The second-order valence-electron chi connectivity index (χ2n) is 6.35. The molecule has 0 amide bonds. The maximum absolute atomic E-state index is 14.7. The van der Waals surface area contributed by atoms with E-state index in [1.165, 1.54) is 6.33 Å². The monoisotopic (exact) mass is 328 g/mol. The lowest BCUT2D eigenvalue weighted by Gasteiger charge is -2.37. The summed E-state index contributed by atoms with van der Waals surface area (Å²) in [5, 5.41) is 0. The van der Waals surface area contributed by atoms with E-state index >= 15 is 0 Å². The standard InChI is InChI=1S/C18H21FN4O/c1-24-15-4-2-3-14(11-15)22-7-9-23(10-8-22)18-16(19)17(13-5-6-13)20-12-21-18/h2-4,11-13H,5-10H2,1H3. The molecule has 2 aliphatic rings. The van der Waals surface area contributed by atoms with Gasteiger partial charge in [-0.25, -0.2) is 14.4 Å². The molecule has 0 bridgehead atoms. The van der Waals surface area contributed by atoms with Gasteiger partial charge in [0.05, 0.1) is 12.8 Å². The lowest BCUT2D eigenvalue weighted by Crippen LogP contribution is -2.47. The summed E-state index contributed by atoms with van der Waals surface area (Å²) in [6.45, 7) is 3.15. The maximum atomic E-state index is 14.7. The van der Waals surface area contributed by atoms with Gasteiger partial charge in [0, 0.05) is 43.9 Å². The van der Waals surface area contributed by atoms with E-state index in [9.17, 15) is 4.39 Å². The van der Waals surface area contributed by atoms with E-state index in [0.29, 0.717) is 17.4 Å². The zero-order valence-electron chi connectivity index (χ0n) is 13.8. The lowest BCUT2D eigenvalue weighted by atomic mass is 10.2. The smallest absolute Gasteiger partial charge is 0.187 e. The molecule has 1 aliphatic heterocycles. The second-order valence-corrected chi connectivity index (χ2v) is 6.35. The lowest BCUT2D eigenvalue weighted by molar-refractivity contribution is 0.414. The quantitative estimate of drug-likeness (QED) is 0.863. The molecule has 1 saturated heterocycles. The molecule has 0 atom stereocenters. The number of aromatic nitrogens is 2. The molecule has 5 nitrogen and oxygen atoms in total. The number of hydrogen-bond donors (Lipinski definition) is 0. The van der Waals surface area contributed by atoms with Gasteiger partial charge in [0.25, 0.3) is 0 Å². The van der Waals surface area contributed by atoms with Crippen LogP contribution in [0, 0.1) is 5.82 Å². The Morgan fingerprint density at radius 1 is 1.08 bits per heavy atom. The number of halogens is 1. The van der Waals surface area contributed by atoms with Crippen LogP contribution in [0.25, 0.3) is 0 Å². The maximum Gasteiger partial charge on any atom is 0.187 e. The number of hydrogen-bond acceptors (Lipinski definition) is 5. The first kappa shape index (κ1) is 15.2. The van der Waals surface area contributed by atoms with E-state index in [1.54, 1.807) is 7.11 Å². The van der Waals surface area contributed by atoms with Gasteiger partial charge in [-0.3, -0.25) is 0 Å². The Bertz CT molecular complexity index is 727. The highest BCUT2D eigenvalue weighted by Crippen LogP contribution is 2.41. The fourth-order valence-corrected chi connectivity index (χ4v) is 3.22. The first-order valence-electron chi connectivity index (χ1n) is 8.40. The van der Waals surface area contributed by atoms with Crippen molar-refractivity contribution in [2.45, 2.75) is 18.8 Å². The van der Waals surface area contributed by atoms with E-state index in [-0.39, 0.29) is 5.82 Å². The number of ether oxygens (including phenoxy) is 1. The van der Waals surface area contributed by atoms with Crippen molar-refractivity contribution in [1.82, 2.24) is 9.97 Å².